The largest absolute Gasteiger partial charge is 0.466 e. The average Bonchev–Trinajstić information content (AvgIpc) is 3.02. The summed E-state index contributed by atoms with van der Waals surface area (Å²) in [5, 5.41) is 0. The maximum atomic E-state index is 11.6. The van der Waals surface area contributed by atoms with Crippen molar-refractivity contribution in [3.05, 3.63) is 34.9 Å². The van der Waals surface area contributed by atoms with Crippen LogP contribution in [0.25, 0.3) is 0 Å². The number of benzene rings is 1. The molecule has 0 radical (unpaired) electrons. The van der Waals surface area contributed by atoms with Gasteiger partial charge in [-0.15, -0.1) is 0 Å². The minimum absolute atomic E-state index is 0.0339. The molecule has 2 rings (SSSR count). The molecule has 0 spiro atoms. The molecule has 2 atom stereocenters. The maximum absolute atomic E-state index is 11.6. The smallest absolute Gasteiger partial charge is 0.309 e. The van der Waals surface area contributed by atoms with Crippen molar-refractivity contribution >= 4 is 5.97 Å². The lowest BCUT2D eigenvalue weighted by molar-refractivity contribution is -0.144. The molecule has 2 heteroatoms. The number of hydrogen-bond donors (Lipinski definition) is 0. The summed E-state index contributed by atoms with van der Waals surface area (Å²) in [4.78, 5) is 11.6. The molecule has 86 valence electrons. The molecule has 1 aromatic rings. The van der Waals surface area contributed by atoms with E-state index in [9.17, 15) is 4.79 Å². The van der Waals surface area contributed by atoms with Crippen LogP contribution < -0.4 is 0 Å². The number of ether oxygens (including phenoxy) is 1. The fraction of sp³-hybridized carbons (Fsp3) is 0.500. The number of hydrogen-bond acceptors (Lipinski definition) is 2. The van der Waals surface area contributed by atoms with Crippen LogP contribution in [0.2, 0.25) is 0 Å². The van der Waals surface area contributed by atoms with E-state index in [1.807, 2.05) is 6.92 Å². The fourth-order valence-corrected chi connectivity index (χ4v) is 2.22. The molecule has 0 aliphatic heterocycles. The number of esters is 1. The van der Waals surface area contributed by atoms with Crippen molar-refractivity contribution in [3.63, 3.8) is 0 Å². The summed E-state index contributed by atoms with van der Waals surface area (Å²) in [5.74, 6) is 0.452. The van der Waals surface area contributed by atoms with E-state index in [1.165, 1.54) is 16.7 Å². The Balaban J connectivity index is 2.11. The predicted molar refractivity (Wildman–Crippen MR) is 63.4 cm³/mol. The molecule has 1 saturated carbocycles. The average molecular weight is 218 g/mol. The van der Waals surface area contributed by atoms with E-state index >= 15 is 0 Å². The zero-order valence-corrected chi connectivity index (χ0v) is 10.1. The van der Waals surface area contributed by atoms with Crippen LogP contribution in [0, 0.1) is 19.8 Å². The molecule has 1 fully saturated rings. The second-order valence-corrected chi connectivity index (χ2v) is 4.49. The number of aryl methyl sites for hydroxylation is 1. The molecule has 2 unspecified atom stereocenters. The summed E-state index contributed by atoms with van der Waals surface area (Å²) in [6, 6.07) is 6.31. The van der Waals surface area contributed by atoms with Gasteiger partial charge in [0, 0.05) is 0 Å². The highest BCUT2D eigenvalue weighted by atomic mass is 16.5. The summed E-state index contributed by atoms with van der Waals surface area (Å²) >= 11 is 0. The summed E-state index contributed by atoms with van der Waals surface area (Å²) in [6.45, 7) is 6.58. The van der Waals surface area contributed by atoms with Crippen LogP contribution in [-0.2, 0) is 9.53 Å². The Labute approximate surface area is 96.6 Å². The first-order valence-corrected chi connectivity index (χ1v) is 5.88. The van der Waals surface area contributed by atoms with Gasteiger partial charge in [0.05, 0.1) is 12.5 Å². The van der Waals surface area contributed by atoms with Gasteiger partial charge in [0.2, 0.25) is 0 Å². The Morgan fingerprint density at radius 1 is 1.44 bits per heavy atom. The van der Waals surface area contributed by atoms with Crippen molar-refractivity contribution < 1.29 is 9.53 Å². The Hall–Kier alpha value is -1.31. The predicted octanol–water partition coefficient (Wildman–Crippen LogP) is 2.97. The van der Waals surface area contributed by atoms with E-state index in [-0.39, 0.29) is 11.9 Å². The van der Waals surface area contributed by atoms with Gasteiger partial charge in [-0.25, -0.2) is 0 Å². The molecule has 16 heavy (non-hydrogen) atoms. The van der Waals surface area contributed by atoms with Gasteiger partial charge in [-0.05, 0) is 49.8 Å². The second-order valence-electron chi connectivity index (χ2n) is 4.49. The molecule has 0 heterocycles. The van der Waals surface area contributed by atoms with E-state index in [0.717, 1.165) is 6.42 Å². The third-order valence-electron chi connectivity index (χ3n) is 3.43. The van der Waals surface area contributed by atoms with E-state index in [2.05, 4.69) is 32.0 Å². The van der Waals surface area contributed by atoms with Gasteiger partial charge in [-0.1, -0.05) is 18.2 Å². The third-order valence-corrected chi connectivity index (χ3v) is 3.43. The monoisotopic (exact) mass is 218 g/mol. The van der Waals surface area contributed by atoms with Gasteiger partial charge in [0.15, 0.2) is 0 Å². The Kier molecular flexibility index (Phi) is 2.99. The van der Waals surface area contributed by atoms with Crippen LogP contribution in [0.5, 0.6) is 0 Å². The van der Waals surface area contributed by atoms with Crippen molar-refractivity contribution in [1.82, 2.24) is 0 Å². The Morgan fingerprint density at radius 3 is 2.88 bits per heavy atom. The fourth-order valence-electron chi connectivity index (χ4n) is 2.22. The molecule has 0 saturated heterocycles. The lowest BCUT2D eigenvalue weighted by Gasteiger charge is -2.07. The highest BCUT2D eigenvalue weighted by Crippen LogP contribution is 2.49. The molecule has 0 N–H and O–H groups in total. The molecule has 0 aromatic heterocycles. The van der Waals surface area contributed by atoms with Crippen molar-refractivity contribution in [3.8, 4) is 0 Å². The van der Waals surface area contributed by atoms with Gasteiger partial charge in [-0.2, -0.15) is 0 Å². The SMILES string of the molecule is CCOC(=O)C1CC1c1cccc(C)c1C. The van der Waals surface area contributed by atoms with E-state index in [0.29, 0.717) is 12.5 Å². The summed E-state index contributed by atoms with van der Waals surface area (Å²) < 4.78 is 5.05. The van der Waals surface area contributed by atoms with Crippen LogP contribution in [0.1, 0.15) is 36.0 Å². The molecular formula is C14H18O2. The summed E-state index contributed by atoms with van der Waals surface area (Å²) in [5.41, 5.74) is 3.93. The van der Waals surface area contributed by atoms with Gasteiger partial charge < -0.3 is 4.74 Å². The lowest BCUT2D eigenvalue weighted by atomic mass is 9.99. The van der Waals surface area contributed by atoms with Gasteiger partial charge in [0.25, 0.3) is 0 Å². The highest BCUT2D eigenvalue weighted by Gasteiger charge is 2.45. The zero-order valence-electron chi connectivity index (χ0n) is 10.1. The van der Waals surface area contributed by atoms with E-state index in [4.69, 9.17) is 4.74 Å². The highest BCUT2D eigenvalue weighted by molar-refractivity contribution is 5.77. The minimum Gasteiger partial charge on any atom is -0.466 e. The van der Waals surface area contributed by atoms with Crippen LogP contribution in [0.3, 0.4) is 0 Å². The normalized spacial score (nSPS) is 22.9. The standard InChI is InChI=1S/C14H18O2/c1-4-16-14(15)13-8-12(13)11-7-5-6-9(2)10(11)3/h5-7,12-13H,4,8H2,1-3H3. The molecule has 1 aromatic carbocycles. The Bertz CT molecular complexity index is 409. The van der Waals surface area contributed by atoms with Crippen LogP contribution in [0.4, 0.5) is 0 Å². The van der Waals surface area contributed by atoms with Gasteiger partial charge in [-0.3, -0.25) is 4.79 Å². The number of carbonyl (C=O) groups is 1. The first-order valence-electron chi connectivity index (χ1n) is 5.88. The van der Waals surface area contributed by atoms with E-state index < -0.39 is 0 Å². The van der Waals surface area contributed by atoms with Crippen molar-refractivity contribution in [1.29, 1.82) is 0 Å². The molecule has 0 bridgehead atoms. The van der Waals surface area contributed by atoms with E-state index in [1.54, 1.807) is 0 Å². The number of rotatable bonds is 3. The summed E-state index contributed by atoms with van der Waals surface area (Å²) in [7, 11) is 0. The second kappa shape index (κ2) is 4.28. The quantitative estimate of drug-likeness (QED) is 0.729. The molecule has 0 amide bonds. The van der Waals surface area contributed by atoms with Crippen molar-refractivity contribution in [2.24, 2.45) is 5.92 Å². The zero-order chi connectivity index (χ0) is 11.7. The lowest BCUT2D eigenvalue weighted by Crippen LogP contribution is -2.07. The van der Waals surface area contributed by atoms with Gasteiger partial charge in [0.1, 0.15) is 0 Å². The number of carbonyl (C=O) groups excluding carboxylic acids is 1. The molecule has 2 nitrogen and oxygen atoms in total. The van der Waals surface area contributed by atoms with Crippen molar-refractivity contribution in [2.45, 2.75) is 33.1 Å². The minimum atomic E-state index is -0.0339. The Morgan fingerprint density at radius 2 is 2.19 bits per heavy atom. The molecular weight excluding hydrogens is 200 g/mol. The van der Waals surface area contributed by atoms with Crippen LogP contribution in [0.15, 0.2) is 18.2 Å². The summed E-state index contributed by atoms with van der Waals surface area (Å²) in [6.07, 6.45) is 0.948. The first-order chi connectivity index (χ1) is 7.65. The first kappa shape index (κ1) is 11.2. The van der Waals surface area contributed by atoms with Crippen LogP contribution >= 0.6 is 0 Å². The molecule has 1 aliphatic rings. The van der Waals surface area contributed by atoms with Crippen molar-refractivity contribution in [2.75, 3.05) is 6.61 Å². The van der Waals surface area contributed by atoms with Gasteiger partial charge >= 0.3 is 5.97 Å². The third kappa shape index (κ3) is 1.97. The topological polar surface area (TPSA) is 26.3 Å². The maximum Gasteiger partial charge on any atom is 0.309 e. The molecule has 1 aliphatic carbocycles. The van der Waals surface area contributed by atoms with Crippen LogP contribution in [-0.4, -0.2) is 12.6 Å².